The van der Waals surface area contributed by atoms with Crippen LogP contribution in [0.15, 0.2) is 0 Å². The molecule has 0 aromatic rings. The maximum Gasteiger partial charge on any atom is -0.0379 e. The number of halogens is 1. The molecule has 0 nitrogen and oxygen atoms in total. The zero-order chi connectivity index (χ0) is 13.5. The molecule has 2 unspecified atom stereocenters. The predicted octanol–water partition coefficient (Wildman–Crippen LogP) is 7.21. The Balaban J connectivity index is 0. The lowest BCUT2D eigenvalue weighted by molar-refractivity contribution is 0.471. The van der Waals surface area contributed by atoms with Gasteiger partial charge in [-0.05, 0) is 18.5 Å². The van der Waals surface area contributed by atoms with Crippen LogP contribution in [0.4, 0.5) is 0 Å². The van der Waals surface area contributed by atoms with Crippen LogP contribution >= 0.6 is 33.2 Å². The lowest BCUT2D eigenvalue weighted by Gasteiger charge is -2.09. The molecular formula is C17H38IP. The zero-order valence-corrected chi connectivity index (χ0v) is 16.9. The molecule has 0 bridgehead atoms. The Bertz CT molecular complexity index is 150. The predicted molar refractivity (Wildman–Crippen MR) is 105 cm³/mol. The van der Waals surface area contributed by atoms with E-state index < -0.39 is 0 Å². The molecule has 0 aromatic heterocycles. The van der Waals surface area contributed by atoms with Gasteiger partial charge in [-0.25, -0.2) is 0 Å². The van der Waals surface area contributed by atoms with Gasteiger partial charge in [-0.1, -0.05) is 90.9 Å². The second kappa shape index (κ2) is 19.2. The van der Waals surface area contributed by atoms with E-state index in [1.54, 1.807) is 0 Å². The van der Waals surface area contributed by atoms with Crippen molar-refractivity contribution in [3.63, 3.8) is 0 Å². The van der Waals surface area contributed by atoms with Crippen LogP contribution in [0, 0.1) is 5.92 Å². The summed E-state index contributed by atoms with van der Waals surface area (Å²) in [6, 6.07) is 0. The van der Waals surface area contributed by atoms with E-state index in [2.05, 4.69) is 23.1 Å². The van der Waals surface area contributed by atoms with Crippen LogP contribution < -0.4 is 0 Å². The Morgan fingerprint density at radius 3 is 1.53 bits per heavy atom. The number of rotatable bonds is 14. The molecule has 0 heterocycles. The van der Waals surface area contributed by atoms with Gasteiger partial charge < -0.3 is 0 Å². The van der Waals surface area contributed by atoms with Gasteiger partial charge in [0.15, 0.2) is 0 Å². The van der Waals surface area contributed by atoms with Crippen LogP contribution in [0.25, 0.3) is 0 Å². The topological polar surface area (TPSA) is 0 Å². The molecule has 0 radical (unpaired) electrons. The summed E-state index contributed by atoms with van der Waals surface area (Å²) < 4.78 is 0. The van der Waals surface area contributed by atoms with Crippen LogP contribution in [-0.2, 0) is 0 Å². The first-order chi connectivity index (χ1) is 8.81. The summed E-state index contributed by atoms with van der Waals surface area (Å²) >= 11 is 0. The van der Waals surface area contributed by atoms with Gasteiger partial charge in [-0.15, -0.1) is 33.2 Å². The summed E-state index contributed by atoms with van der Waals surface area (Å²) in [6.45, 7) is 4.70. The molecule has 0 aromatic carbocycles. The normalized spacial score (nSPS) is 12.2. The second-order valence-electron chi connectivity index (χ2n) is 6.01. The lowest BCUT2D eigenvalue weighted by atomic mass is 9.99. The summed E-state index contributed by atoms with van der Waals surface area (Å²) in [6.07, 6.45) is 20.2. The molecule has 0 amide bonds. The molecule has 0 aliphatic carbocycles. The van der Waals surface area contributed by atoms with Crippen molar-refractivity contribution in [3.05, 3.63) is 0 Å². The van der Waals surface area contributed by atoms with Crippen molar-refractivity contribution in [2.24, 2.45) is 5.92 Å². The average molecular weight is 400 g/mol. The quantitative estimate of drug-likeness (QED) is 0.164. The van der Waals surface area contributed by atoms with Crippen molar-refractivity contribution >= 4 is 33.2 Å². The van der Waals surface area contributed by atoms with Gasteiger partial charge in [-0.3, -0.25) is 0 Å². The molecule has 0 aliphatic heterocycles. The van der Waals surface area contributed by atoms with E-state index in [4.69, 9.17) is 0 Å². The van der Waals surface area contributed by atoms with Gasteiger partial charge in [0.1, 0.15) is 0 Å². The van der Waals surface area contributed by atoms with Crippen LogP contribution in [0.2, 0.25) is 0 Å². The summed E-state index contributed by atoms with van der Waals surface area (Å²) in [5, 5.41) is 0. The van der Waals surface area contributed by atoms with Gasteiger partial charge in [0, 0.05) is 0 Å². The van der Waals surface area contributed by atoms with Crippen LogP contribution in [0.5, 0.6) is 0 Å². The van der Waals surface area contributed by atoms with Crippen LogP contribution in [0.1, 0.15) is 97.3 Å². The van der Waals surface area contributed by atoms with E-state index in [0.29, 0.717) is 0 Å². The molecule has 19 heavy (non-hydrogen) atoms. The van der Waals surface area contributed by atoms with Crippen molar-refractivity contribution in [1.82, 2.24) is 0 Å². The SMILES string of the molecule is CCCCCCCCCCCCCC(C)CCP.I. The first-order valence-corrected chi connectivity index (χ1v) is 9.33. The Morgan fingerprint density at radius 2 is 1.11 bits per heavy atom. The van der Waals surface area contributed by atoms with E-state index in [1.807, 2.05) is 0 Å². The Hall–Kier alpha value is 1.16. The molecule has 0 N–H and O–H groups in total. The third-order valence-corrected chi connectivity index (χ3v) is 4.29. The molecule has 0 saturated heterocycles. The van der Waals surface area contributed by atoms with E-state index >= 15 is 0 Å². The van der Waals surface area contributed by atoms with Crippen molar-refractivity contribution < 1.29 is 0 Å². The Kier molecular flexibility index (Phi) is 22.6. The zero-order valence-electron chi connectivity index (χ0n) is 13.5. The summed E-state index contributed by atoms with van der Waals surface area (Å²) in [5.41, 5.74) is 0. The summed E-state index contributed by atoms with van der Waals surface area (Å²) in [5.74, 6) is 0.945. The minimum atomic E-state index is 0. The first kappa shape index (κ1) is 22.4. The third kappa shape index (κ3) is 19.2. The standard InChI is InChI=1S/C17H37P.HI/c1-3-4-5-6-7-8-9-10-11-12-13-14-17(2)15-16-18;/h17H,3-16,18H2,1-2H3;1H. The minimum absolute atomic E-state index is 0. The Labute approximate surface area is 142 Å². The molecule has 2 heteroatoms. The highest BCUT2D eigenvalue weighted by Crippen LogP contribution is 2.16. The molecular weight excluding hydrogens is 362 g/mol. The molecule has 0 rings (SSSR count). The van der Waals surface area contributed by atoms with Crippen molar-refractivity contribution in [1.29, 1.82) is 0 Å². The summed E-state index contributed by atoms with van der Waals surface area (Å²) in [4.78, 5) is 0. The Morgan fingerprint density at radius 1 is 0.684 bits per heavy atom. The van der Waals surface area contributed by atoms with E-state index in [9.17, 15) is 0 Å². The van der Waals surface area contributed by atoms with Crippen molar-refractivity contribution in [2.45, 2.75) is 97.3 Å². The highest BCUT2D eigenvalue weighted by Gasteiger charge is 1.99. The maximum atomic E-state index is 2.85. The number of hydrogen-bond acceptors (Lipinski definition) is 0. The van der Waals surface area contributed by atoms with E-state index in [-0.39, 0.29) is 24.0 Å². The number of hydrogen-bond donors (Lipinski definition) is 0. The smallest absolute Gasteiger partial charge is 0.0379 e. The van der Waals surface area contributed by atoms with Crippen LogP contribution in [0.3, 0.4) is 0 Å². The van der Waals surface area contributed by atoms with Crippen LogP contribution in [-0.4, -0.2) is 6.16 Å². The molecule has 0 saturated carbocycles. The van der Waals surface area contributed by atoms with E-state index in [1.165, 1.54) is 89.6 Å². The van der Waals surface area contributed by atoms with Gasteiger partial charge in [0.25, 0.3) is 0 Å². The fourth-order valence-corrected chi connectivity index (χ4v) is 3.15. The molecule has 118 valence electrons. The molecule has 0 aliphatic rings. The fraction of sp³-hybridized carbons (Fsp3) is 1.00. The van der Waals surface area contributed by atoms with Crippen molar-refractivity contribution in [3.8, 4) is 0 Å². The largest absolute Gasteiger partial charge is 0.138 e. The number of unbranched alkanes of at least 4 members (excludes halogenated alkanes) is 10. The first-order valence-electron chi connectivity index (χ1n) is 8.51. The molecule has 0 spiro atoms. The van der Waals surface area contributed by atoms with Gasteiger partial charge >= 0.3 is 0 Å². The highest BCUT2D eigenvalue weighted by molar-refractivity contribution is 14.0. The molecule has 0 fully saturated rings. The maximum absolute atomic E-state index is 2.85. The average Bonchev–Trinajstić information content (AvgIpc) is 2.36. The second-order valence-corrected chi connectivity index (χ2v) is 6.58. The summed E-state index contributed by atoms with van der Waals surface area (Å²) in [7, 11) is 2.85. The van der Waals surface area contributed by atoms with Gasteiger partial charge in [0.2, 0.25) is 0 Å². The van der Waals surface area contributed by atoms with Gasteiger partial charge in [-0.2, -0.15) is 0 Å². The van der Waals surface area contributed by atoms with E-state index in [0.717, 1.165) is 5.92 Å². The van der Waals surface area contributed by atoms with Gasteiger partial charge in [0.05, 0.1) is 0 Å². The minimum Gasteiger partial charge on any atom is -0.138 e. The third-order valence-electron chi connectivity index (χ3n) is 3.96. The lowest BCUT2D eigenvalue weighted by Crippen LogP contribution is -1.95. The molecule has 2 atom stereocenters. The highest BCUT2D eigenvalue weighted by atomic mass is 127. The monoisotopic (exact) mass is 400 g/mol. The van der Waals surface area contributed by atoms with Crippen molar-refractivity contribution in [2.75, 3.05) is 6.16 Å². The fourth-order valence-electron chi connectivity index (χ4n) is 2.59.